The van der Waals surface area contributed by atoms with Gasteiger partial charge in [0.15, 0.2) is 0 Å². The fourth-order valence-corrected chi connectivity index (χ4v) is 1.90. The predicted octanol–water partition coefficient (Wildman–Crippen LogP) is 3.40. The van der Waals surface area contributed by atoms with Crippen LogP contribution in [0.5, 0.6) is 0 Å². The van der Waals surface area contributed by atoms with Gasteiger partial charge in [-0.1, -0.05) is 25.5 Å². The Bertz CT molecular complexity index is 340. The van der Waals surface area contributed by atoms with E-state index in [0.29, 0.717) is 0 Å². The van der Waals surface area contributed by atoms with Gasteiger partial charge in [-0.05, 0) is 25.3 Å². The van der Waals surface area contributed by atoms with E-state index in [4.69, 9.17) is 0 Å². The highest BCUT2D eigenvalue weighted by Crippen LogP contribution is 2.34. The molecule has 13 heavy (non-hydrogen) atoms. The topological polar surface area (TPSA) is 12.4 Å². The van der Waals surface area contributed by atoms with Gasteiger partial charge in [-0.15, -0.1) is 0 Å². The number of rotatable bonds is 3. The van der Waals surface area contributed by atoms with Crippen molar-refractivity contribution in [2.45, 2.75) is 33.1 Å². The number of nitrogens with zero attached hydrogens (tertiary/aromatic N) is 1. The molecular formula is C12H15N. The SMILES string of the molecule is CCCCC1=CC=C2C=NC(C)=C21. The summed E-state index contributed by atoms with van der Waals surface area (Å²) in [5.74, 6) is 0. The van der Waals surface area contributed by atoms with Gasteiger partial charge in [0.05, 0.1) is 0 Å². The fraction of sp³-hybridized carbons (Fsp3) is 0.417. The molecule has 1 nitrogen and oxygen atoms in total. The second-order valence-electron chi connectivity index (χ2n) is 3.64. The summed E-state index contributed by atoms with van der Waals surface area (Å²) in [5, 5.41) is 0. The second-order valence-corrected chi connectivity index (χ2v) is 3.64. The summed E-state index contributed by atoms with van der Waals surface area (Å²) in [5.41, 5.74) is 5.37. The Kier molecular flexibility index (Phi) is 2.17. The van der Waals surface area contributed by atoms with Crippen LogP contribution in [0.25, 0.3) is 0 Å². The number of unbranched alkanes of at least 4 members (excludes halogenated alkanes) is 1. The van der Waals surface area contributed by atoms with E-state index in [0.717, 1.165) is 0 Å². The van der Waals surface area contributed by atoms with Gasteiger partial charge in [0.25, 0.3) is 0 Å². The maximum absolute atomic E-state index is 4.32. The third-order valence-corrected chi connectivity index (χ3v) is 2.63. The molecule has 1 heterocycles. The average molecular weight is 173 g/mol. The zero-order chi connectivity index (χ0) is 9.26. The van der Waals surface area contributed by atoms with Crippen LogP contribution in [0.2, 0.25) is 0 Å². The van der Waals surface area contributed by atoms with Crippen molar-refractivity contribution in [3.05, 3.63) is 34.6 Å². The van der Waals surface area contributed by atoms with Gasteiger partial charge in [-0.3, -0.25) is 4.99 Å². The van der Waals surface area contributed by atoms with Crippen LogP contribution in [-0.2, 0) is 0 Å². The molecule has 0 radical (unpaired) electrons. The minimum Gasteiger partial charge on any atom is -0.260 e. The van der Waals surface area contributed by atoms with Crippen LogP contribution in [0.1, 0.15) is 33.1 Å². The highest BCUT2D eigenvalue weighted by atomic mass is 14.8. The van der Waals surface area contributed by atoms with Crippen LogP contribution in [0.15, 0.2) is 39.6 Å². The summed E-state index contributed by atoms with van der Waals surface area (Å²) in [6.45, 7) is 4.33. The molecule has 0 unspecified atom stereocenters. The molecule has 0 bridgehead atoms. The first kappa shape index (κ1) is 8.49. The van der Waals surface area contributed by atoms with Crippen LogP contribution in [0.3, 0.4) is 0 Å². The molecule has 1 heteroatoms. The minimum atomic E-state index is 1.19. The van der Waals surface area contributed by atoms with Gasteiger partial charge in [0.2, 0.25) is 0 Å². The van der Waals surface area contributed by atoms with Crippen molar-refractivity contribution >= 4 is 6.21 Å². The van der Waals surface area contributed by atoms with Crippen molar-refractivity contribution in [2.24, 2.45) is 4.99 Å². The lowest BCUT2D eigenvalue weighted by Gasteiger charge is -2.04. The van der Waals surface area contributed by atoms with Crippen molar-refractivity contribution < 1.29 is 0 Å². The number of hydrogen-bond donors (Lipinski definition) is 0. The Morgan fingerprint density at radius 2 is 2.15 bits per heavy atom. The van der Waals surface area contributed by atoms with E-state index in [1.165, 1.54) is 41.7 Å². The number of allylic oxidation sites excluding steroid dienone is 6. The molecule has 68 valence electrons. The van der Waals surface area contributed by atoms with Crippen LogP contribution in [0.4, 0.5) is 0 Å². The van der Waals surface area contributed by atoms with Crippen molar-refractivity contribution in [3.8, 4) is 0 Å². The van der Waals surface area contributed by atoms with Gasteiger partial charge in [0, 0.05) is 23.1 Å². The minimum absolute atomic E-state index is 1.19. The fourth-order valence-electron chi connectivity index (χ4n) is 1.90. The van der Waals surface area contributed by atoms with E-state index >= 15 is 0 Å². The van der Waals surface area contributed by atoms with Crippen molar-refractivity contribution in [1.29, 1.82) is 0 Å². The third kappa shape index (κ3) is 1.39. The first-order chi connectivity index (χ1) is 6.33. The molecule has 0 fully saturated rings. The number of fused-ring (bicyclic) bond motifs is 1. The van der Waals surface area contributed by atoms with Crippen LogP contribution >= 0.6 is 0 Å². The zero-order valence-electron chi connectivity index (χ0n) is 8.30. The summed E-state index contributed by atoms with van der Waals surface area (Å²) in [6, 6.07) is 0. The molecule has 0 aromatic carbocycles. The lowest BCUT2D eigenvalue weighted by Crippen LogP contribution is -1.88. The molecule has 0 saturated carbocycles. The van der Waals surface area contributed by atoms with Crippen LogP contribution in [-0.4, -0.2) is 6.21 Å². The first-order valence-corrected chi connectivity index (χ1v) is 4.99. The lowest BCUT2D eigenvalue weighted by molar-refractivity contribution is 0.794. The Balaban J connectivity index is 2.15. The Labute approximate surface area is 79.6 Å². The summed E-state index contributed by atoms with van der Waals surface area (Å²) >= 11 is 0. The molecule has 1 aliphatic heterocycles. The summed E-state index contributed by atoms with van der Waals surface area (Å²) in [7, 11) is 0. The summed E-state index contributed by atoms with van der Waals surface area (Å²) < 4.78 is 0. The third-order valence-electron chi connectivity index (χ3n) is 2.63. The van der Waals surface area contributed by atoms with Gasteiger partial charge in [-0.2, -0.15) is 0 Å². The van der Waals surface area contributed by atoms with Gasteiger partial charge in [0.1, 0.15) is 0 Å². The molecule has 1 aliphatic carbocycles. The van der Waals surface area contributed by atoms with E-state index in [-0.39, 0.29) is 0 Å². The summed E-state index contributed by atoms with van der Waals surface area (Å²) in [6.07, 6.45) is 10.1. The van der Waals surface area contributed by atoms with E-state index in [2.05, 4.69) is 31.0 Å². The zero-order valence-corrected chi connectivity index (χ0v) is 8.30. The molecular weight excluding hydrogens is 158 g/mol. The first-order valence-electron chi connectivity index (χ1n) is 4.99. The molecule has 0 N–H and O–H groups in total. The second kappa shape index (κ2) is 3.33. The Hall–Kier alpha value is -1.11. The maximum Gasteiger partial charge on any atom is 0.0454 e. The van der Waals surface area contributed by atoms with Gasteiger partial charge < -0.3 is 0 Å². The predicted molar refractivity (Wildman–Crippen MR) is 56.9 cm³/mol. The van der Waals surface area contributed by atoms with Crippen LogP contribution in [0, 0.1) is 0 Å². The number of aliphatic imine (C=N–C) groups is 1. The lowest BCUT2D eigenvalue weighted by atomic mass is 9.99. The van der Waals surface area contributed by atoms with Crippen molar-refractivity contribution in [1.82, 2.24) is 0 Å². The van der Waals surface area contributed by atoms with Gasteiger partial charge in [-0.25, -0.2) is 0 Å². The molecule has 2 rings (SSSR count). The van der Waals surface area contributed by atoms with Crippen molar-refractivity contribution in [3.63, 3.8) is 0 Å². The smallest absolute Gasteiger partial charge is 0.0454 e. The standard InChI is InChI=1S/C12H15N/c1-3-4-5-10-6-7-11-8-13-9(2)12(10)11/h6-8H,3-5H2,1-2H3. The molecule has 0 atom stereocenters. The van der Waals surface area contributed by atoms with Gasteiger partial charge >= 0.3 is 0 Å². The quantitative estimate of drug-likeness (QED) is 0.620. The number of hydrogen-bond acceptors (Lipinski definition) is 1. The maximum atomic E-state index is 4.32. The highest BCUT2D eigenvalue weighted by Gasteiger charge is 2.19. The molecule has 0 aromatic rings. The molecule has 0 spiro atoms. The Morgan fingerprint density at radius 1 is 1.31 bits per heavy atom. The van der Waals surface area contributed by atoms with Crippen LogP contribution < -0.4 is 0 Å². The van der Waals surface area contributed by atoms with Crippen molar-refractivity contribution in [2.75, 3.05) is 0 Å². The average Bonchev–Trinajstić information content (AvgIpc) is 2.67. The van der Waals surface area contributed by atoms with E-state index in [1.807, 2.05) is 6.21 Å². The molecule has 0 saturated heterocycles. The molecule has 0 aromatic heterocycles. The van der Waals surface area contributed by atoms with E-state index in [1.54, 1.807) is 0 Å². The molecule has 2 aliphatic rings. The van der Waals surface area contributed by atoms with E-state index in [9.17, 15) is 0 Å². The highest BCUT2D eigenvalue weighted by molar-refractivity contribution is 5.93. The monoisotopic (exact) mass is 173 g/mol. The largest absolute Gasteiger partial charge is 0.260 e. The normalized spacial score (nSPS) is 19.2. The Morgan fingerprint density at radius 3 is 2.92 bits per heavy atom. The van der Waals surface area contributed by atoms with E-state index < -0.39 is 0 Å². The summed E-state index contributed by atoms with van der Waals surface area (Å²) in [4.78, 5) is 4.32. The molecule has 0 amide bonds.